The zero-order valence-electron chi connectivity index (χ0n) is 11.6. The molecule has 2 aromatic rings. The average molecular weight is 270 g/mol. The average Bonchev–Trinajstić information content (AvgIpc) is 2.48. The van der Waals surface area contributed by atoms with Crippen LogP contribution >= 0.6 is 0 Å². The summed E-state index contributed by atoms with van der Waals surface area (Å²) in [7, 11) is 1.95. The molecule has 0 spiro atoms. The molecule has 0 bridgehead atoms. The van der Waals surface area contributed by atoms with Crippen molar-refractivity contribution >= 4 is 11.5 Å². The van der Waals surface area contributed by atoms with Gasteiger partial charge >= 0.3 is 0 Å². The van der Waals surface area contributed by atoms with Crippen molar-refractivity contribution in [3.8, 4) is 0 Å². The fourth-order valence-corrected chi connectivity index (χ4v) is 2.01. The van der Waals surface area contributed by atoms with Crippen LogP contribution in [0, 0.1) is 6.92 Å². The molecule has 0 saturated carbocycles. The third-order valence-corrected chi connectivity index (χ3v) is 3.14. The molecule has 0 aliphatic carbocycles. The van der Waals surface area contributed by atoms with Crippen LogP contribution < -0.4 is 10.6 Å². The van der Waals surface area contributed by atoms with Crippen LogP contribution in [0.3, 0.4) is 0 Å². The van der Waals surface area contributed by atoms with Gasteiger partial charge in [-0.05, 0) is 18.6 Å². The Morgan fingerprint density at radius 2 is 2.00 bits per heavy atom. The van der Waals surface area contributed by atoms with Gasteiger partial charge < -0.3 is 15.8 Å². The molecule has 0 atom stereocenters. The molecule has 0 radical (unpaired) electrons. The van der Waals surface area contributed by atoms with Crippen LogP contribution in [0.2, 0.25) is 0 Å². The summed E-state index contributed by atoms with van der Waals surface area (Å²) >= 11 is 0. The summed E-state index contributed by atoms with van der Waals surface area (Å²) in [5.74, 6) is 0.0816. The van der Waals surface area contributed by atoms with Crippen molar-refractivity contribution in [2.75, 3.05) is 11.9 Å². The summed E-state index contributed by atoms with van der Waals surface area (Å²) in [5.41, 5.74) is 9.60. The van der Waals surface area contributed by atoms with Gasteiger partial charge in [0, 0.05) is 25.4 Å². The maximum atomic E-state index is 8.84. The zero-order valence-corrected chi connectivity index (χ0v) is 11.6. The van der Waals surface area contributed by atoms with Crippen molar-refractivity contribution in [2.45, 2.75) is 13.5 Å². The Morgan fingerprint density at radius 1 is 1.30 bits per heavy atom. The minimum absolute atomic E-state index is 0.0816. The number of aryl methyl sites for hydroxylation is 1. The van der Waals surface area contributed by atoms with E-state index in [0.717, 1.165) is 12.2 Å². The number of oxime groups is 1. The molecule has 0 unspecified atom stereocenters. The SMILES string of the molecule is Cc1ccc(CN(C)c2cnccc2/C(N)=N/O)cc1. The van der Waals surface area contributed by atoms with E-state index in [4.69, 9.17) is 10.9 Å². The number of aromatic nitrogens is 1. The molecule has 0 amide bonds. The van der Waals surface area contributed by atoms with Gasteiger partial charge in [-0.3, -0.25) is 4.98 Å². The number of pyridine rings is 1. The maximum absolute atomic E-state index is 8.84. The summed E-state index contributed by atoms with van der Waals surface area (Å²) in [5, 5.41) is 11.9. The molecule has 104 valence electrons. The van der Waals surface area contributed by atoms with E-state index in [1.54, 1.807) is 18.5 Å². The standard InChI is InChI=1S/C15H18N4O/c1-11-3-5-12(6-4-11)10-19(2)14-9-17-8-7-13(14)15(16)18-20/h3-9,20H,10H2,1-2H3,(H2,16,18). The molecule has 0 aliphatic heterocycles. The molecule has 3 N–H and O–H groups in total. The van der Waals surface area contributed by atoms with Gasteiger partial charge in [-0.1, -0.05) is 35.0 Å². The number of hydrogen-bond donors (Lipinski definition) is 2. The predicted octanol–water partition coefficient (Wildman–Crippen LogP) is 2.12. The van der Waals surface area contributed by atoms with Gasteiger partial charge in [0.15, 0.2) is 5.84 Å². The van der Waals surface area contributed by atoms with Crippen molar-refractivity contribution in [3.05, 3.63) is 59.4 Å². The molecule has 0 aliphatic rings. The molecule has 0 fully saturated rings. The maximum Gasteiger partial charge on any atom is 0.172 e. The third kappa shape index (κ3) is 3.06. The predicted molar refractivity (Wildman–Crippen MR) is 80.0 cm³/mol. The van der Waals surface area contributed by atoms with Gasteiger partial charge in [0.1, 0.15) is 0 Å². The Morgan fingerprint density at radius 3 is 2.65 bits per heavy atom. The van der Waals surface area contributed by atoms with Gasteiger partial charge in [0.25, 0.3) is 0 Å². The molecule has 5 heteroatoms. The first-order valence-electron chi connectivity index (χ1n) is 6.30. The highest BCUT2D eigenvalue weighted by molar-refractivity contribution is 6.01. The van der Waals surface area contributed by atoms with Crippen LogP contribution in [-0.4, -0.2) is 23.1 Å². The van der Waals surface area contributed by atoms with Crippen LogP contribution in [0.5, 0.6) is 0 Å². The van der Waals surface area contributed by atoms with Crippen molar-refractivity contribution in [3.63, 3.8) is 0 Å². The Hall–Kier alpha value is -2.56. The number of anilines is 1. The lowest BCUT2D eigenvalue weighted by molar-refractivity contribution is 0.318. The number of nitrogens with two attached hydrogens (primary N) is 1. The van der Waals surface area contributed by atoms with Gasteiger partial charge in [-0.15, -0.1) is 0 Å². The molecule has 2 rings (SSSR count). The Balaban J connectivity index is 2.25. The van der Waals surface area contributed by atoms with Crippen molar-refractivity contribution in [2.24, 2.45) is 10.9 Å². The van der Waals surface area contributed by atoms with Crippen molar-refractivity contribution < 1.29 is 5.21 Å². The lowest BCUT2D eigenvalue weighted by Gasteiger charge is -2.21. The second-order valence-electron chi connectivity index (χ2n) is 4.72. The minimum Gasteiger partial charge on any atom is -0.409 e. The molecular formula is C15H18N4O. The molecule has 1 aromatic carbocycles. The third-order valence-electron chi connectivity index (χ3n) is 3.14. The number of benzene rings is 1. The summed E-state index contributed by atoms with van der Waals surface area (Å²) in [4.78, 5) is 6.12. The van der Waals surface area contributed by atoms with Crippen molar-refractivity contribution in [1.29, 1.82) is 0 Å². The van der Waals surface area contributed by atoms with E-state index in [1.165, 1.54) is 11.1 Å². The monoisotopic (exact) mass is 270 g/mol. The van der Waals surface area contributed by atoms with Crippen LogP contribution in [0.15, 0.2) is 47.9 Å². The lowest BCUT2D eigenvalue weighted by atomic mass is 10.1. The molecule has 5 nitrogen and oxygen atoms in total. The second-order valence-corrected chi connectivity index (χ2v) is 4.72. The molecule has 1 heterocycles. The first kappa shape index (κ1) is 13.9. The highest BCUT2D eigenvalue weighted by Gasteiger charge is 2.11. The summed E-state index contributed by atoms with van der Waals surface area (Å²) in [6, 6.07) is 10.1. The Bertz CT molecular complexity index is 608. The number of rotatable bonds is 4. The summed E-state index contributed by atoms with van der Waals surface area (Å²) in [6.45, 7) is 2.78. The minimum atomic E-state index is 0.0816. The van der Waals surface area contributed by atoms with Gasteiger partial charge in [-0.2, -0.15) is 0 Å². The molecule has 20 heavy (non-hydrogen) atoms. The van der Waals surface area contributed by atoms with Crippen molar-refractivity contribution in [1.82, 2.24) is 4.98 Å². The van der Waals surface area contributed by atoms with E-state index in [2.05, 4.69) is 41.3 Å². The molecule has 0 saturated heterocycles. The summed E-state index contributed by atoms with van der Waals surface area (Å²) in [6.07, 6.45) is 3.33. The second kappa shape index (κ2) is 6.06. The first-order chi connectivity index (χ1) is 9.61. The lowest BCUT2D eigenvalue weighted by Crippen LogP contribution is -2.22. The Kier molecular flexibility index (Phi) is 4.20. The van der Waals surface area contributed by atoms with E-state index in [9.17, 15) is 0 Å². The highest BCUT2D eigenvalue weighted by Crippen LogP contribution is 2.19. The van der Waals surface area contributed by atoms with E-state index in [-0.39, 0.29) is 5.84 Å². The van der Waals surface area contributed by atoms with E-state index >= 15 is 0 Å². The van der Waals surface area contributed by atoms with Crippen LogP contribution in [0.25, 0.3) is 0 Å². The van der Waals surface area contributed by atoms with Crippen LogP contribution in [0.1, 0.15) is 16.7 Å². The van der Waals surface area contributed by atoms with Crippen LogP contribution in [-0.2, 0) is 6.54 Å². The molecular weight excluding hydrogens is 252 g/mol. The number of amidine groups is 1. The number of hydrogen-bond acceptors (Lipinski definition) is 4. The Labute approximate surface area is 118 Å². The molecule has 1 aromatic heterocycles. The normalized spacial score (nSPS) is 11.4. The fraction of sp³-hybridized carbons (Fsp3) is 0.200. The first-order valence-corrected chi connectivity index (χ1v) is 6.30. The number of nitrogens with zero attached hydrogens (tertiary/aromatic N) is 3. The topological polar surface area (TPSA) is 74.7 Å². The summed E-state index contributed by atoms with van der Waals surface area (Å²) < 4.78 is 0. The van der Waals surface area contributed by atoms with E-state index in [0.29, 0.717) is 5.56 Å². The smallest absolute Gasteiger partial charge is 0.172 e. The fourth-order valence-electron chi connectivity index (χ4n) is 2.01. The van der Waals surface area contributed by atoms with Gasteiger partial charge in [0.2, 0.25) is 0 Å². The largest absolute Gasteiger partial charge is 0.409 e. The zero-order chi connectivity index (χ0) is 14.5. The quantitative estimate of drug-likeness (QED) is 0.386. The van der Waals surface area contributed by atoms with Gasteiger partial charge in [0.05, 0.1) is 11.9 Å². The van der Waals surface area contributed by atoms with E-state index in [1.807, 2.05) is 11.9 Å². The van der Waals surface area contributed by atoms with Crippen LogP contribution in [0.4, 0.5) is 5.69 Å². The van der Waals surface area contributed by atoms with Gasteiger partial charge in [-0.25, -0.2) is 0 Å². The van der Waals surface area contributed by atoms with E-state index < -0.39 is 0 Å². The highest BCUT2D eigenvalue weighted by atomic mass is 16.4.